The molecule has 23 heavy (non-hydrogen) atoms. The van der Waals surface area contributed by atoms with Crippen molar-refractivity contribution >= 4 is 11.7 Å². The maximum atomic E-state index is 13.1. The molecule has 0 aromatic heterocycles. The summed E-state index contributed by atoms with van der Waals surface area (Å²) in [5.41, 5.74) is 3.19. The molecule has 1 unspecified atom stereocenters. The first kappa shape index (κ1) is 16.2. The molecule has 2 saturated heterocycles. The molecule has 0 amide bonds. The fourth-order valence-electron chi connectivity index (χ4n) is 3.73. The SMILES string of the molecule is COC(=O)C1CCN(c2cc(CF)ccc2C2CCNC2)CC1. The largest absolute Gasteiger partial charge is 0.469 e. The molecular weight excluding hydrogens is 295 g/mol. The molecule has 2 fully saturated rings. The van der Waals surface area contributed by atoms with Gasteiger partial charge in [-0.1, -0.05) is 12.1 Å². The van der Waals surface area contributed by atoms with Gasteiger partial charge >= 0.3 is 5.97 Å². The second kappa shape index (κ2) is 7.30. The Kier molecular flexibility index (Phi) is 5.16. The maximum Gasteiger partial charge on any atom is 0.308 e. The number of hydrogen-bond donors (Lipinski definition) is 1. The number of ether oxygens (including phenoxy) is 1. The minimum Gasteiger partial charge on any atom is -0.469 e. The van der Waals surface area contributed by atoms with Crippen molar-refractivity contribution < 1.29 is 13.9 Å². The monoisotopic (exact) mass is 320 g/mol. The average Bonchev–Trinajstić information content (AvgIpc) is 3.15. The molecule has 1 atom stereocenters. The zero-order valence-corrected chi connectivity index (χ0v) is 13.7. The molecule has 1 N–H and O–H groups in total. The molecule has 1 aromatic carbocycles. The number of piperidine rings is 1. The third-order valence-electron chi connectivity index (χ3n) is 5.12. The molecule has 5 heteroatoms. The van der Waals surface area contributed by atoms with E-state index in [-0.39, 0.29) is 11.9 Å². The predicted octanol–water partition coefficient (Wildman–Crippen LogP) is 2.62. The fourth-order valence-corrected chi connectivity index (χ4v) is 3.73. The molecule has 0 bridgehead atoms. The highest BCUT2D eigenvalue weighted by molar-refractivity contribution is 5.72. The molecule has 2 aliphatic heterocycles. The Morgan fingerprint density at radius 3 is 2.74 bits per heavy atom. The van der Waals surface area contributed by atoms with Crippen LogP contribution >= 0.6 is 0 Å². The lowest BCUT2D eigenvalue weighted by molar-refractivity contribution is -0.146. The van der Waals surface area contributed by atoms with Gasteiger partial charge in [0.1, 0.15) is 6.67 Å². The Balaban J connectivity index is 1.79. The highest BCUT2D eigenvalue weighted by atomic mass is 19.1. The van der Waals surface area contributed by atoms with Gasteiger partial charge in [-0.05, 0) is 48.9 Å². The molecule has 0 aliphatic carbocycles. The van der Waals surface area contributed by atoms with Gasteiger partial charge in [-0.2, -0.15) is 0 Å². The number of esters is 1. The molecule has 2 heterocycles. The predicted molar refractivity (Wildman–Crippen MR) is 88.4 cm³/mol. The number of nitrogens with one attached hydrogen (secondary N) is 1. The number of nitrogens with zero attached hydrogens (tertiary/aromatic N) is 1. The van der Waals surface area contributed by atoms with Crippen LogP contribution in [-0.4, -0.2) is 39.3 Å². The standard InChI is InChI=1S/C18H25FN2O2/c1-23-18(22)14-5-8-21(9-6-14)17-10-13(11-19)2-3-16(17)15-4-7-20-12-15/h2-3,10,14-15,20H,4-9,11-12H2,1H3. The van der Waals surface area contributed by atoms with Crippen LogP contribution in [0.15, 0.2) is 18.2 Å². The van der Waals surface area contributed by atoms with Crippen molar-refractivity contribution in [2.75, 3.05) is 38.2 Å². The molecule has 126 valence electrons. The van der Waals surface area contributed by atoms with E-state index in [0.717, 1.165) is 56.7 Å². The summed E-state index contributed by atoms with van der Waals surface area (Å²) in [4.78, 5) is 14.0. The van der Waals surface area contributed by atoms with Gasteiger partial charge in [-0.15, -0.1) is 0 Å². The number of anilines is 1. The normalized spacial score (nSPS) is 22.3. The third kappa shape index (κ3) is 3.50. The van der Waals surface area contributed by atoms with Gasteiger partial charge in [0, 0.05) is 25.3 Å². The quantitative estimate of drug-likeness (QED) is 0.866. The molecule has 0 spiro atoms. The second-order valence-corrected chi connectivity index (χ2v) is 6.50. The lowest BCUT2D eigenvalue weighted by Crippen LogP contribution is -2.37. The van der Waals surface area contributed by atoms with Crippen LogP contribution in [0.4, 0.5) is 10.1 Å². The van der Waals surface area contributed by atoms with Crippen molar-refractivity contribution in [1.82, 2.24) is 5.32 Å². The van der Waals surface area contributed by atoms with Crippen molar-refractivity contribution in [3.05, 3.63) is 29.3 Å². The van der Waals surface area contributed by atoms with Crippen LogP contribution in [0.5, 0.6) is 0 Å². The van der Waals surface area contributed by atoms with Crippen LogP contribution in [0.1, 0.15) is 36.3 Å². The van der Waals surface area contributed by atoms with E-state index in [1.165, 1.54) is 12.7 Å². The van der Waals surface area contributed by atoms with E-state index in [9.17, 15) is 9.18 Å². The Labute approximate surface area is 137 Å². The highest BCUT2D eigenvalue weighted by Gasteiger charge is 2.28. The topological polar surface area (TPSA) is 41.6 Å². The van der Waals surface area contributed by atoms with Crippen molar-refractivity contribution in [3.63, 3.8) is 0 Å². The number of methoxy groups -OCH3 is 1. The van der Waals surface area contributed by atoms with E-state index >= 15 is 0 Å². The number of benzene rings is 1. The van der Waals surface area contributed by atoms with Crippen molar-refractivity contribution in [3.8, 4) is 0 Å². The summed E-state index contributed by atoms with van der Waals surface area (Å²) in [6, 6.07) is 5.98. The lowest BCUT2D eigenvalue weighted by atomic mass is 9.92. The molecule has 1 aromatic rings. The number of halogens is 1. The third-order valence-corrected chi connectivity index (χ3v) is 5.12. The van der Waals surface area contributed by atoms with Crippen LogP contribution in [0, 0.1) is 5.92 Å². The molecule has 0 radical (unpaired) electrons. The summed E-state index contributed by atoms with van der Waals surface area (Å²) in [5, 5.41) is 3.41. The molecule has 2 aliphatic rings. The highest BCUT2D eigenvalue weighted by Crippen LogP contribution is 2.35. The zero-order valence-electron chi connectivity index (χ0n) is 13.7. The molecule has 3 rings (SSSR count). The van der Waals surface area contributed by atoms with Crippen molar-refractivity contribution in [1.29, 1.82) is 0 Å². The first-order valence-electron chi connectivity index (χ1n) is 8.45. The summed E-state index contributed by atoms with van der Waals surface area (Å²) >= 11 is 0. The molecular formula is C18H25FN2O2. The summed E-state index contributed by atoms with van der Waals surface area (Å²) in [6.07, 6.45) is 2.73. The summed E-state index contributed by atoms with van der Waals surface area (Å²) in [7, 11) is 1.45. The van der Waals surface area contributed by atoms with E-state index in [1.54, 1.807) is 0 Å². The molecule has 0 saturated carbocycles. The van der Waals surface area contributed by atoms with Gasteiger partial charge < -0.3 is 15.0 Å². The number of rotatable bonds is 4. The summed E-state index contributed by atoms with van der Waals surface area (Å²) in [6.45, 7) is 3.24. The van der Waals surface area contributed by atoms with Gasteiger partial charge in [-0.25, -0.2) is 4.39 Å². The number of carbonyl (C=O) groups excluding carboxylic acids is 1. The summed E-state index contributed by atoms with van der Waals surface area (Å²) < 4.78 is 18.0. The van der Waals surface area contributed by atoms with Gasteiger partial charge in [-0.3, -0.25) is 4.79 Å². The van der Waals surface area contributed by atoms with E-state index in [4.69, 9.17) is 4.74 Å². The summed E-state index contributed by atoms with van der Waals surface area (Å²) in [5.74, 6) is 0.386. The van der Waals surface area contributed by atoms with E-state index in [2.05, 4.69) is 16.3 Å². The number of hydrogen-bond acceptors (Lipinski definition) is 4. The minimum atomic E-state index is -0.436. The van der Waals surface area contributed by atoms with E-state index < -0.39 is 6.67 Å². The number of alkyl halides is 1. The Hall–Kier alpha value is -1.62. The van der Waals surface area contributed by atoms with Crippen LogP contribution in [-0.2, 0) is 16.2 Å². The first-order valence-corrected chi connectivity index (χ1v) is 8.45. The van der Waals surface area contributed by atoms with Crippen LogP contribution in [0.25, 0.3) is 0 Å². The van der Waals surface area contributed by atoms with Crippen LogP contribution in [0.2, 0.25) is 0 Å². The smallest absolute Gasteiger partial charge is 0.308 e. The van der Waals surface area contributed by atoms with Crippen LogP contribution < -0.4 is 10.2 Å². The van der Waals surface area contributed by atoms with Gasteiger partial charge in [0.05, 0.1) is 13.0 Å². The molecule has 4 nitrogen and oxygen atoms in total. The van der Waals surface area contributed by atoms with Gasteiger partial charge in [0.2, 0.25) is 0 Å². The average molecular weight is 320 g/mol. The fraction of sp³-hybridized carbons (Fsp3) is 0.611. The number of carbonyl (C=O) groups is 1. The second-order valence-electron chi connectivity index (χ2n) is 6.50. The van der Waals surface area contributed by atoms with Crippen molar-refractivity contribution in [2.24, 2.45) is 5.92 Å². The first-order chi connectivity index (χ1) is 11.2. The Morgan fingerprint density at radius 2 is 2.13 bits per heavy atom. The van der Waals surface area contributed by atoms with Crippen LogP contribution in [0.3, 0.4) is 0 Å². The maximum absolute atomic E-state index is 13.1. The van der Waals surface area contributed by atoms with Gasteiger partial charge in [0.25, 0.3) is 0 Å². The van der Waals surface area contributed by atoms with Gasteiger partial charge in [0.15, 0.2) is 0 Å². The Bertz CT molecular complexity index is 550. The Morgan fingerprint density at radius 1 is 1.35 bits per heavy atom. The minimum absolute atomic E-state index is 0.00259. The van der Waals surface area contributed by atoms with Crippen molar-refractivity contribution in [2.45, 2.75) is 31.9 Å². The zero-order chi connectivity index (χ0) is 16.2. The van der Waals surface area contributed by atoms with E-state index in [0.29, 0.717) is 5.92 Å². The van der Waals surface area contributed by atoms with E-state index in [1.807, 2.05) is 12.1 Å². The lowest BCUT2D eigenvalue weighted by Gasteiger charge is -2.35.